The van der Waals surface area contributed by atoms with Crippen LogP contribution in [0.25, 0.3) is 0 Å². The van der Waals surface area contributed by atoms with E-state index in [1.165, 1.54) is 10.5 Å². The number of piperidine rings is 1. The van der Waals surface area contributed by atoms with Crippen LogP contribution in [0.4, 0.5) is 4.79 Å². The molecule has 1 amide bonds. The van der Waals surface area contributed by atoms with Gasteiger partial charge in [0.1, 0.15) is 0 Å². The van der Waals surface area contributed by atoms with Gasteiger partial charge in [0.25, 0.3) is 0 Å². The minimum absolute atomic E-state index is 0.133. The maximum Gasteiger partial charge on any atom is 0.407 e. The van der Waals surface area contributed by atoms with Gasteiger partial charge in [-0.15, -0.1) is 0 Å². The molecule has 7 heteroatoms. The Kier molecular flexibility index (Phi) is 6.40. The zero-order valence-electron chi connectivity index (χ0n) is 15.2. The van der Waals surface area contributed by atoms with Gasteiger partial charge >= 0.3 is 6.09 Å². The van der Waals surface area contributed by atoms with Crippen LogP contribution in [0.3, 0.4) is 0 Å². The van der Waals surface area contributed by atoms with Gasteiger partial charge in [-0.2, -0.15) is 0 Å². The highest BCUT2D eigenvalue weighted by Gasteiger charge is 2.37. The maximum absolute atomic E-state index is 11.2. The summed E-state index contributed by atoms with van der Waals surface area (Å²) in [7, 11) is 2.07. The lowest BCUT2D eigenvalue weighted by Gasteiger charge is -2.49. The van der Waals surface area contributed by atoms with Crippen molar-refractivity contribution in [2.24, 2.45) is 0 Å². The fourth-order valence-corrected chi connectivity index (χ4v) is 4.35. The molecule has 2 saturated heterocycles. The molecule has 0 radical (unpaired) electrons. The standard InChI is InChI=1S/C19H28ClN3O3/c1-21-11-17(10-14-2-4-15(20)5-3-14)23(12-18(21)13-24)16-6-8-22(9-7-16)19(25)26/h2-5,16-18,24H,6-13H2,1H3,(H,25,26)/t17-,18+/m0/s1. The van der Waals surface area contributed by atoms with Gasteiger partial charge in [0.15, 0.2) is 0 Å². The van der Waals surface area contributed by atoms with Crippen LogP contribution < -0.4 is 0 Å². The molecule has 1 aromatic rings. The first kappa shape index (κ1) is 19.4. The van der Waals surface area contributed by atoms with Crippen LogP contribution in [0.1, 0.15) is 18.4 Å². The molecule has 3 rings (SSSR count). The average Bonchev–Trinajstić information content (AvgIpc) is 2.64. The summed E-state index contributed by atoms with van der Waals surface area (Å²) in [5.74, 6) is 0. The monoisotopic (exact) mass is 381 g/mol. The van der Waals surface area contributed by atoms with Crippen LogP contribution >= 0.6 is 11.6 Å². The highest BCUT2D eigenvalue weighted by Crippen LogP contribution is 2.26. The lowest BCUT2D eigenvalue weighted by Crippen LogP contribution is -2.62. The van der Waals surface area contributed by atoms with Crippen molar-refractivity contribution < 1.29 is 15.0 Å². The fourth-order valence-electron chi connectivity index (χ4n) is 4.23. The number of halogens is 1. The quantitative estimate of drug-likeness (QED) is 0.835. The summed E-state index contributed by atoms with van der Waals surface area (Å²) in [5, 5.41) is 19.7. The van der Waals surface area contributed by atoms with Gasteiger partial charge in [0.2, 0.25) is 0 Å². The summed E-state index contributed by atoms with van der Waals surface area (Å²) in [6, 6.07) is 8.85. The van der Waals surface area contributed by atoms with Crippen molar-refractivity contribution in [2.75, 3.05) is 39.8 Å². The minimum Gasteiger partial charge on any atom is -0.465 e. The Hall–Kier alpha value is -1.34. The summed E-state index contributed by atoms with van der Waals surface area (Å²) in [5.41, 5.74) is 1.25. The summed E-state index contributed by atoms with van der Waals surface area (Å²) < 4.78 is 0. The van der Waals surface area contributed by atoms with Gasteiger partial charge in [-0.25, -0.2) is 4.79 Å². The molecule has 1 aromatic carbocycles. The summed E-state index contributed by atoms with van der Waals surface area (Å²) >= 11 is 6.01. The van der Waals surface area contributed by atoms with Crippen molar-refractivity contribution in [1.29, 1.82) is 0 Å². The van der Waals surface area contributed by atoms with Gasteiger partial charge in [-0.1, -0.05) is 23.7 Å². The SMILES string of the molecule is CN1C[C@H](Cc2ccc(Cl)cc2)N(C2CCN(C(=O)O)CC2)C[C@@H]1CO. The number of hydrogen-bond donors (Lipinski definition) is 2. The summed E-state index contributed by atoms with van der Waals surface area (Å²) in [4.78, 5) is 17.4. The topological polar surface area (TPSA) is 67.2 Å². The first-order valence-corrected chi connectivity index (χ1v) is 9.65. The maximum atomic E-state index is 11.2. The van der Waals surface area contributed by atoms with Crippen LogP contribution in [-0.2, 0) is 6.42 Å². The Morgan fingerprint density at radius 3 is 2.38 bits per heavy atom. The van der Waals surface area contributed by atoms with Gasteiger partial charge in [-0.05, 0) is 44.0 Å². The van der Waals surface area contributed by atoms with Gasteiger partial charge in [0.05, 0.1) is 6.61 Å². The average molecular weight is 382 g/mol. The van der Waals surface area contributed by atoms with E-state index in [4.69, 9.17) is 11.6 Å². The van der Waals surface area contributed by atoms with E-state index in [1.54, 1.807) is 0 Å². The lowest BCUT2D eigenvalue weighted by molar-refractivity contribution is -0.0193. The fraction of sp³-hybridized carbons (Fsp3) is 0.632. The normalized spacial score (nSPS) is 26.2. The number of carboxylic acid groups (broad SMARTS) is 1. The van der Waals surface area contributed by atoms with Crippen LogP contribution in [0.15, 0.2) is 24.3 Å². The Morgan fingerprint density at radius 2 is 1.81 bits per heavy atom. The second-order valence-corrected chi connectivity index (χ2v) is 7.89. The van der Waals surface area contributed by atoms with Crippen molar-refractivity contribution in [3.05, 3.63) is 34.9 Å². The zero-order chi connectivity index (χ0) is 18.7. The third kappa shape index (κ3) is 4.49. The second-order valence-electron chi connectivity index (χ2n) is 7.46. The molecular weight excluding hydrogens is 354 g/mol. The number of rotatable bonds is 4. The molecule has 26 heavy (non-hydrogen) atoms. The van der Waals surface area contributed by atoms with Crippen molar-refractivity contribution in [2.45, 2.75) is 37.4 Å². The summed E-state index contributed by atoms with van der Waals surface area (Å²) in [6.07, 6.45) is 1.81. The van der Waals surface area contributed by atoms with E-state index in [0.717, 1.165) is 37.4 Å². The Morgan fingerprint density at radius 1 is 1.15 bits per heavy atom. The molecule has 2 heterocycles. The van der Waals surface area contributed by atoms with Crippen molar-refractivity contribution in [3.8, 4) is 0 Å². The van der Waals surface area contributed by atoms with Crippen molar-refractivity contribution >= 4 is 17.7 Å². The predicted octanol–water partition coefficient (Wildman–Crippen LogP) is 2.00. The molecule has 0 saturated carbocycles. The number of carbonyl (C=O) groups is 1. The molecule has 2 fully saturated rings. The van der Waals surface area contributed by atoms with Gasteiger partial charge < -0.3 is 15.1 Å². The van der Waals surface area contributed by atoms with E-state index in [-0.39, 0.29) is 12.6 Å². The van der Waals surface area contributed by atoms with E-state index >= 15 is 0 Å². The highest BCUT2D eigenvalue weighted by atomic mass is 35.5. The molecule has 2 atom stereocenters. The van der Waals surface area contributed by atoms with Crippen molar-refractivity contribution in [1.82, 2.24) is 14.7 Å². The predicted molar refractivity (Wildman–Crippen MR) is 102 cm³/mol. The Balaban J connectivity index is 1.72. The Bertz CT molecular complexity index is 605. The Labute approximate surface area is 159 Å². The molecule has 2 N–H and O–H groups in total. The van der Waals surface area contributed by atoms with Crippen LogP contribution in [-0.4, -0.2) is 89.0 Å². The molecule has 2 aliphatic heterocycles. The molecule has 0 spiro atoms. The van der Waals surface area contributed by atoms with E-state index in [2.05, 4.69) is 29.0 Å². The third-order valence-corrected chi connectivity index (χ3v) is 6.06. The second kappa shape index (κ2) is 8.57. The molecule has 6 nitrogen and oxygen atoms in total. The van der Waals surface area contributed by atoms with Crippen molar-refractivity contribution in [3.63, 3.8) is 0 Å². The van der Waals surface area contributed by atoms with Gasteiger partial charge in [0, 0.05) is 49.3 Å². The molecular formula is C19H28ClN3O3. The smallest absolute Gasteiger partial charge is 0.407 e. The molecule has 0 bridgehead atoms. The number of hydrogen-bond acceptors (Lipinski definition) is 4. The highest BCUT2D eigenvalue weighted by molar-refractivity contribution is 6.30. The molecule has 0 unspecified atom stereocenters. The van der Waals surface area contributed by atoms with Crippen LogP contribution in [0.2, 0.25) is 5.02 Å². The van der Waals surface area contributed by atoms with Crippen LogP contribution in [0, 0.1) is 0 Å². The zero-order valence-corrected chi connectivity index (χ0v) is 16.0. The first-order chi connectivity index (χ1) is 12.5. The van der Waals surface area contributed by atoms with E-state index in [0.29, 0.717) is 25.2 Å². The third-order valence-electron chi connectivity index (χ3n) is 5.81. The van der Waals surface area contributed by atoms with Crippen LogP contribution in [0.5, 0.6) is 0 Å². The summed E-state index contributed by atoms with van der Waals surface area (Å²) in [6.45, 7) is 3.04. The number of aliphatic hydroxyl groups excluding tert-OH is 1. The number of likely N-dealkylation sites (N-methyl/N-ethyl adjacent to an activating group) is 1. The molecule has 0 aliphatic carbocycles. The molecule has 144 valence electrons. The molecule has 0 aromatic heterocycles. The van der Waals surface area contributed by atoms with E-state index in [1.807, 2.05) is 12.1 Å². The number of piperazine rings is 1. The largest absolute Gasteiger partial charge is 0.465 e. The van der Waals surface area contributed by atoms with Gasteiger partial charge in [-0.3, -0.25) is 9.80 Å². The lowest BCUT2D eigenvalue weighted by atomic mass is 9.94. The number of likely N-dealkylation sites (tertiary alicyclic amines) is 1. The van der Waals surface area contributed by atoms with E-state index < -0.39 is 6.09 Å². The number of benzene rings is 1. The number of aliphatic hydroxyl groups is 1. The minimum atomic E-state index is -0.826. The van der Waals surface area contributed by atoms with E-state index in [9.17, 15) is 15.0 Å². The first-order valence-electron chi connectivity index (χ1n) is 9.27. The molecule has 2 aliphatic rings. The number of nitrogens with zero attached hydrogens (tertiary/aromatic N) is 3. The number of amides is 1.